The monoisotopic (exact) mass is 206 g/mol. The average Bonchev–Trinajstić information content (AvgIpc) is 2.19. The molecule has 1 aliphatic heterocycles. The molecule has 0 aliphatic carbocycles. The van der Waals surface area contributed by atoms with Crippen molar-refractivity contribution < 1.29 is 9.31 Å². The summed E-state index contributed by atoms with van der Waals surface area (Å²) in [5, 5.41) is 0. The van der Waals surface area contributed by atoms with Crippen LogP contribution in [0.25, 0.3) is 0 Å². The van der Waals surface area contributed by atoms with E-state index < -0.39 is 7.12 Å². The van der Waals surface area contributed by atoms with E-state index in [-0.39, 0.29) is 5.41 Å². The third kappa shape index (κ3) is 2.30. The molecule has 0 amide bonds. The number of anilines is 1. The zero-order chi connectivity index (χ0) is 10.9. The maximum absolute atomic E-state index is 5.80. The Morgan fingerprint density at radius 1 is 1.40 bits per heavy atom. The SMILES string of the molecule is CC1(C)COB(c2ncccc2N)OC1. The van der Waals surface area contributed by atoms with Crippen LogP contribution in [0.15, 0.2) is 18.3 Å². The molecule has 4 nitrogen and oxygen atoms in total. The van der Waals surface area contributed by atoms with E-state index in [1.807, 2.05) is 0 Å². The van der Waals surface area contributed by atoms with Crippen LogP contribution in [-0.2, 0) is 9.31 Å². The summed E-state index contributed by atoms with van der Waals surface area (Å²) in [5.41, 5.74) is 7.15. The van der Waals surface area contributed by atoms with Gasteiger partial charge in [-0.15, -0.1) is 0 Å². The molecular weight excluding hydrogens is 191 g/mol. The summed E-state index contributed by atoms with van der Waals surface area (Å²) in [6.45, 7) is 5.53. The largest absolute Gasteiger partial charge is 0.515 e. The van der Waals surface area contributed by atoms with E-state index in [0.29, 0.717) is 24.5 Å². The van der Waals surface area contributed by atoms with Crippen LogP contribution in [0.1, 0.15) is 13.8 Å². The van der Waals surface area contributed by atoms with E-state index in [1.165, 1.54) is 0 Å². The van der Waals surface area contributed by atoms with Gasteiger partial charge < -0.3 is 15.0 Å². The number of hydrogen-bond acceptors (Lipinski definition) is 4. The van der Waals surface area contributed by atoms with Gasteiger partial charge in [0.15, 0.2) is 0 Å². The second-order valence-corrected chi connectivity index (χ2v) is 4.60. The lowest BCUT2D eigenvalue weighted by atomic mass is 9.79. The standard InChI is InChI=1S/C10H15BN2O2/c1-10(2)6-14-11(15-7-10)9-8(12)4-3-5-13-9/h3-5H,6-7,12H2,1-2H3. The molecule has 1 fully saturated rings. The summed E-state index contributed by atoms with van der Waals surface area (Å²) < 4.78 is 11.2. The van der Waals surface area contributed by atoms with Crippen molar-refractivity contribution in [3.8, 4) is 0 Å². The summed E-state index contributed by atoms with van der Waals surface area (Å²) in [6.07, 6.45) is 1.69. The van der Waals surface area contributed by atoms with E-state index in [0.717, 1.165) is 0 Å². The molecule has 5 heteroatoms. The molecule has 1 saturated heterocycles. The van der Waals surface area contributed by atoms with Crippen LogP contribution in [0.4, 0.5) is 5.69 Å². The Kier molecular flexibility index (Phi) is 2.67. The summed E-state index contributed by atoms with van der Waals surface area (Å²) in [6, 6.07) is 3.60. The molecule has 0 unspecified atom stereocenters. The Morgan fingerprint density at radius 2 is 2.07 bits per heavy atom. The Balaban J connectivity index is 2.11. The Morgan fingerprint density at radius 3 is 2.67 bits per heavy atom. The highest BCUT2D eigenvalue weighted by Gasteiger charge is 2.35. The van der Waals surface area contributed by atoms with Crippen LogP contribution in [-0.4, -0.2) is 25.3 Å². The number of nitrogens with zero attached hydrogens (tertiary/aromatic N) is 1. The van der Waals surface area contributed by atoms with Gasteiger partial charge in [-0.1, -0.05) is 13.8 Å². The fourth-order valence-corrected chi connectivity index (χ4v) is 1.48. The van der Waals surface area contributed by atoms with Crippen LogP contribution in [0.3, 0.4) is 0 Å². The van der Waals surface area contributed by atoms with E-state index in [2.05, 4.69) is 18.8 Å². The first-order chi connectivity index (χ1) is 7.08. The van der Waals surface area contributed by atoms with Crippen LogP contribution in [0, 0.1) is 5.41 Å². The molecule has 0 spiro atoms. The number of nitrogen functional groups attached to an aromatic ring is 1. The van der Waals surface area contributed by atoms with Gasteiger partial charge in [0.25, 0.3) is 0 Å². The van der Waals surface area contributed by atoms with Crippen LogP contribution < -0.4 is 11.3 Å². The van der Waals surface area contributed by atoms with Gasteiger partial charge in [0, 0.05) is 30.5 Å². The minimum absolute atomic E-state index is 0.0695. The Hall–Kier alpha value is -1.07. The lowest BCUT2D eigenvalue weighted by Crippen LogP contribution is -2.49. The van der Waals surface area contributed by atoms with Gasteiger partial charge in [0.1, 0.15) is 0 Å². The van der Waals surface area contributed by atoms with Crippen LogP contribution >= 0.6 is 0 Å². The van der Waals surface area contributed by atoms with Gasteiger partial charge in [-0.2, -0.15) is 0 Å². The Labute approximate surface area is 89.9 Å². The molecule has 2 N–H and O–H groups in total. The van der Waals surface area contributed by atoms with Crippen molar-refractivity contribution in [2.24, 2.45) is 5.41 Å². The zero-order valence-electron chi connectivity index (χ0n) is 9.06. The van der Waals surface area contributed by atoms with Gasteiger partial charge in [0.2, 0.25) is 0 Å². The van der Waals surface area contributed by atoms with Crippen molar-refractivity contribution in [2.75, 3.05) is 18.9 Å². The van der Waals surface area contributed by atoms with Crippen molar-refractivity contribution in [2.45, 2.75) is 13.8 Å². The van der Waals surface area contributed by atoms with Crippen molar-refractivity contribution >= 4 is 18.4 Å². The molecule has 2 rings (SSSR count). The summed E-state index contributed by atoms with van der Waals surface area (Å²) in [7, 11) is -0.417. The van der Waals surface area contributed by atoms with Crippen LogP contribution in [0.2, 0.25) is 0 Å². The highest BCUT2D eigenvalue weighted by molar-refractivity contribution is 6.62. The number of aromatic nitrogens is 1. The molecule has 2 heterocycles. The minimum atomic E-state index is -0.417. The van der Waals surface area contributed by atoms with E-state index in [1.54, 1.807) is 18.3 Å². The molecule has 1 aliphatic rings. The number of rotatable bonds is 1. The van der Waals surface area contributed by atoms with Gasteiger partial charge in [-0.05, 0) is 12.1 Å². The molecule has 80 valence electrons. The Bertz CT molecular complexity index is 347. The molecule has 0 radical (unpaired) electrons. The molecule has 15 heavy (non-hydrogen) atoms. The van der Waals surface area contributed by atoms with Crippen LogP contribution in [0.5, 0.6) is 0 Å². The molecule has 1 aromatic rings. The first kappa shape index (κ1) is 10.5. The van der Waals surface area contributed by atoms with Crippen molar-refractivity contribution in [3.05, 3.63) is 18.3 Å². The summed E-state index contributed by atoms with van der Waals surface area (Å²) in [5.74, 6) is 0. The molecule has 0 atom stereocenters. The molecule has 0 bridgehead atoms. The quantitative estimate of drug-likeness (QED) is 0.677. The third-order valence-electron chi connectivity index (χ3n) is 2.35. The highest BCUT2D eigenvalue weighted by atomic mass is 16.6. The lowest BCUT2D eigenvalue weighted by molar-refractivity contribution is 0.0340. The lowest BCUT2D eigenvalue weighted by Gasteiger charge is -2.32. The minimum Gasteiger partial charge on any atom is -0.406 e. The fraction of sp³-hybridized carbons (Fsp3) is 0.500. The normalized spacial score (nSPS) is 20.3. The average molecular weight is 206 g/mol. The molecule has 0 saturated carbocycles. The topological polar surface area (TPSA) is 57.4 Å². The first-order valence-electron chi connectivity index (χ1n) is 5.02. The van der Waals surface area contributed by atoms with Crippen molar-refractivity contribution in [1.82, 2.24) is 4.98 Å². The second kappa shape index (κ2) is 3.83. The predicted molar refractivity (Wildman–Crippen MR) is 59.7 cm³/mol. The highest BCUT2D eigenvalue weighted by Crippen LogP contribution is 2.21. The maximum atomic E-state index is 5.80. The summed E-state index contributed by atoms with van der Waals surface area (Å²) in [4.78, 5) is 4.17. The molecule has 1 aromatic heterocycles. The predicted octanol–water partition coefficient (Wildman–Crippen LogP) is 0.432. The van der Waals surface area contributed by atoms with Crippen molar-refractivity contribution in [3.63, 3.8) is 0 Å². The van der Waals surface area contributed by atoms with E-state index >= 15 is 0 Å². The number of nitrogens with two attached hydrogens (primary N) is 1. The number of pyridine rings is 1. The first-order valence-corrected chi connectivity index (χ1v) is 5.02. The summed E-state index contributed by atoms with van der Waals surface area (Å²) >= 11 is 0. The van der Waals surface area contributed by atoms with Gasteiger partial charge >= 0.3 is 7.12 Å². The third-order valence-corrected chi connectivity index (χ3v) is 2.35. The number of hydrogen-bond donors (Lipinski definition) is 1. The smallest absolute Gasteiger partial charge is 0.406 e. The second-order valence-electron chi connectivity index (χ2n) is 4.60. The van der Waals surface area contributed by atoms with Gasteiger partial charge in [-0.3, -0.25) is 4.98 Å². The fourth-order valence-electron chi connectivity index (χ4n) is 1.48. The zero-order valence-corrected chi connectivity index (χ0v) is 9.06. The van der Waals surface area contributed by atoms with E-state index in [9.17, 15) is 0 Å². The van der Waals surface area contributed by atoms with E-state index in [4.69, 9.17) is 15.0 Å². The van der Waals surface area contributed by atoms with Gasteiger partial charge in [-0.25, -0.2) is 0 Å². The molecular formula is C10H15BN2O2. The maximum Gasteiger partial charge on any atom is 0.515 e. The molecule has 0 aromatic carbocycles. The van der Waals surface area contributed by atoms with Crippen molar-refractivity contribution in [1.29, 1.82) is 0 Å². The van der Waals surface area contributed by atoms with Gasteiger partial charge in [0.05, 0.1) is 5.59 Å².